The summed E-state index contributed by atoms with van der Waals surface area (Å²) in [5, 5.41) is 6.62. The highest BCUT2D eigenvalue weighted by Crippen LogP contribution is 2.33. The van der Waals surface area contributed by atoms with Crippen molar-refractivity contribution in [3.8, 4) is 0 Å². The minimum Gasteiger partial charge on any atom is -0.377 e. The van der Waals surface area contributed by atoms with Crippen molar-refractivity contribution in [3.63, 3.8) is 0 Å². The maximum absolute atomic E-state index is 12.6. The minimum absolute atomic E-state index is 0.0382. The Morgan fingerprint density at radius 3 is 3.12 bits per heavy atom. The summed E-state index contributed by atoms with van der Waals surface area (Å²) in [6, 6.07) is 2.20. The van der Waals surface area contributed by atoms with Crippen LogP contribution in [0.1, 0.15) is 37.2 Å². The highest BCUT2D eigenvalue weighted by Gasteiger charge is 2.44. The maximum Gasteiger partial charge on any atom is 0.272 e. The van der Waals surface area contributed by atoms with Crippen LogP contribution in [-0.2, 0) is 9.47 Å². The third-order valence-corrected chi connectivity index (χ3v) is 5.08. The van der Waals surface area contributed by atoms with Crippen LogP contribution in [0.4, 0.5) is 0 Å². The number of carbonyl (C=O) groups is 1. The van der Waals surface area contributed by atoms with Gasteiger partial charge in [-0.3, -0.25) is 9.89 Å². The van der Waals surface area contributed by atoms with Crippen molar-refractivity contribution in [2.24, 2.45) is 0 Å². The molecule has 1 aromatic heterocycles. The number of H-pyrrole nitrogens is 1. The third-order valence-electron chi connectivity index (χ3n) is 5.08. The normalized spacial score (nSPS) is 28.0. The van der Waals surface area contributed by atoms with Crippen LogP contribution in [0.25, 0.3) is 0 Å². The lowest BCUT2D eigenvalue weighted by molar-refractivity contribution is -0.0901. The number of nitrogens with zero attached hydrogens (tertiary/aromatic N) is 3. The number of aromatic amines is 1. The molecule has 0 aromatic carbocycles. The van der Waals surface area contributed by atoms with Crippen LogP contribution in [0.2, 0.25) is 0 Å². The average Bonchev–Trinajstić information content (AvgIpc) is 3.15. The molecule has 7 heteroatoms. The van der Waals surface area contributed by atoms with Crippen molar-refractivity contribution in [2.75, 3.05) is 39.9 Å². The SMILES string of the molecule is CC(C)N(C)CC1CCC2(COCCN(C(=O)c3ccn[nH]3)C2)O1. The van der Waals surface area contributed by atoms with Gasteiger partial charge in [0.1, 0.15) is 11.3 Å². The molecule has 0 aliphatic carbocycles. The molecule has 2 aliphatic rings. The average molecular weight is 336 g/mol. The second-order valence-corrected chi connectivity index (χ2v) is 7.24. The monoisotopic (exact) mass is 336 g/mol. The van der Waals surface area contributed by atoms with Crippen LogP contribution in [0.3, 0.4) is 0 Å². The molecule has 1 amide bonds. The molecule has 3 heterocycles. The number of rotatable bonds is 4. The molecule has 0 radical (unpaired) electrons. The number of hydrogen-bond acceptors (Lipinski definition) is 5. The van der Waals surface area contributed by atoms with E-state index in [0.29, 0.717) is 38.0 Å². The molecule has 2 unspecified atom stereocenters. The molecule has 24 heavy (non-hydrogen) atoms. The zero-order valence-corrected chi connectivity index (χ0v) is 14.8. The molecule has 0 bridgehead atoms. The molecule has 7 nitrogen and oxygen atoms in total. The van der Waals surface area contributed by atoms with E-state index >= 15 is 0 Å². The summed E-state index contributed by atoms with van der Waals surface area (Å²) >= 11 is 0. The zero-order valence-electron chi connectivity index (χ0n) is 14.8. The molecule has 2 atom stereocenters. The predicted octanol–water partition coefficient (Wildman–Crippen LogP) is 1.14. The second kappa shape index (κ2) is 7.21. The van der Waals surface area contributed by atoms with Crippen molar-refractivity contribution in [1.29, 1.82) is 0 Å². The van der Waals surface area contributed by atoms with Gasteiger partial charge in [0, 0.05) is 25.3 Å². The van der Waals surface area contributed by atoms with Gasteiger partial charge in [-0.15, -0.1) is 0 Å². The molecule has 2 fully saturated rings. The van der Waals surface area contributed by atoms with Gasteiger partial charge in [0.25, 0.3) is 5.91 Å². The van der Waals surface area contributed by atoms with Crippen LogP contribution in [0, 0.1) is 0 Å². The molecule has 1 N–H and O–H groups in total. The van der Waals surface area contributed by atoms with Gasteiger partial charge in [0.05, 0.1) is 25.9 Å². The first-order chi connectivity index (χ1) is 11.5. The van der Waals surface area contributed by atoms with Crippen LogP contribution in [0.15, 0.2) is 12.3 Å². The van der Waals surface area contributed by atoms with Crippen LogP contribution in [0.5, 0.6) is 0 Å². The van der Waals surface area contributed by atoms with Gasteiger partial charge in [0.15, 0.2) is 0 Å². The molecule has 3 rings (SSSR count). The fraction of sp³-hybridized carbons (Fsp3) is 0.765. The quantitative estimate of drug-likeness (QED) is 0.893. The summed E-state index contributed by atoms with van der Waals surface area (Å²) in [4.78, 5) is 16.8. The maximum atomic E-state index is 12.6. The molecule has 2 aliphatic heterocycles. The lowest BCUT2D eigenvalue weighted by Gasteiger charge is -2.32. The molecular weight excluding hydrogens is 308 g/mol. The summed E-state index contributed by atoms with van der Waals surface area (Å²) in [7, 11) is 2.12. The van der Waals surface area contributed by atoms with Crippen LogP contribution < -0.4 is 0 Å². The van der Waals surface area contributed by atoms with Gasteiger partial charge >= 0.3 is 0 Å². The van der Waals surface area contributed by atoms with E-state index < -0.39 is 0 Å². The summed E-state index contributed by atoms with van der Waals surface area (Å²) in [5.41, 5.74) is 0.135. The summed E-state index contributed by atoms with van der Waals surface area (Å²) in [6.45, 7) is 7.54. The van der Waals surface area contributed by atoms with Crippen molar-refractivity contribution < 1.29 is 14.3 Å². The Labute approximate surface area is 143 Å². The summed E-state index contributed by atoms with van der Waals surface area (Å²) in [5.74, 6) is -0.0382. The first kappa shape index (κ1) is 17.4. The number of ether oxygens (including phenoxy) is 2. The Kier molecular flexibility index (Phi) is 5.22. The highest BCUT2D eigenvalue weighted by molar-refractivity contribution is 5.92. The Morgan fingerprint density at radius 1 is 1.58 bits per heavy atom. The van der Waals surface area contributed by atoms with E-state index in [4.69, 9.17) is 9.47 Å². The first-order valence-corrected chi connectivity index (χ1v) is 8.73. The van der Waals surface area contributed by atoms with Crippen molar-refractivity contribution in [2.45, 2.75) is 44.4 Å². The Morgan fingerprint density at radius 2 is 2.42 bits per heavy atom. The van der Waals surface area contributed by atoms with E-state index in [-0.39, 0.29) is 17.6 Å². The van der Waals surface area contributed by atoms with E-state index in [9.17, 15) is 4.79 Å². The summed E-state index contributed by atoms with van der Waals surface area (Å²) < 4.78 is 12.2. The van der Waals surface area contributed by atoms with Gasteiger partial charge < -0.3 is 19.3 Å². The molecule has 1 aromatic rings. The lowest BCUT2D eigenvalue weighted by Crippen LogP contribution is -2.47. The van der Waals surface area contributed by atoms with Crippen LogP contribution in [-0.4, -0.2) is 83.5 Å². The number of nitrogens with one attached hydrogen (secondary N) is 1. The van der Waals surface area contributed by atoms with Crippen molar-refractivity contribution in [1.82, 2.24) is 20.0 Å². The van der Waals surface area contributed by atoms with Crippen LogP contribution >= 0.6 is 0 Å². The fourth-order valence-corrected chi connectivity index (χ4v) is 3.40. The highest BCUT2D eigenvalue weighted by atomic mass is 16.6. The molecule has 0 saturated carbocycles. The smallest absolute Gasteiger partial charge is 0.272 e. The second-order valence-electron chi connectivity index (χ2n) is 7.24. The number of likely N-dealkylation sites (N-methyl/N-ethyl adjacent to an activating group) is 1. The zero-order chi connectivity index (χ0) is 17.2. The van der Waals surface area contributed by atoms with Crippen molar-refractivity contribution >= 4 is 5.91 Å². The van der Waals surface area contributed by atoms with E-state index in [2.05, 4.69) is 36.0 Å². The topological polar surface area (TPSA) is 70.7 Å². The van der Waals surface area contributed by atoms with Gasteiger partial charge in [-0.2, -0.15) is 5.10 Å². The number of carbonyl (C=O) groups excluding carboxylic acids is 1. The Bertz CT molecular complexity index is 548. The van der Waals surface area contributed by atoms with Gasteiger partial charge in [-0.25, -0.2) is 0 Å². The minimum atomic E-state index is -0.380. The Balaban J connectivity index is 1.65. The summed E-state index contributed by atoms with van der Waals surface area (Å²) in [6.07, 6.45) is 3.73. The van der Waals surface area contributed by atoms with E-state index in [1.54, 1.807) is 12.3 Å². The number of amides is 1. The van der Waals surface area contributed by atoms with E-state index in [1.807, 2.05) is 4.90 Å². The molecule has 1 spiro atoms. The van der Waals surface area contributed by atoms with E-state index in [0.717, 1.165) is 19.4 Å². The largest absolute Gasteiger partial charge is 0.377 e. The van der Waals surface area contributed by atoms with Gasteiger partial charge in [-0.1, -0.05) is 0 Å². The van der Waals surface area contributed by atoms with Gasteiger partial charge in [0.2, 0.25) is 0 Å². The van der Waals surface area contributed by atoms with E-state index in [1.165, 1.54) is 0 Å². The predicted molar refractivity (Wildman–Crippen MR) is 89.9 cm³/mol. The first-order valence-electron chi connectivity index (χ1n) is 8.73. The Hall–Kier alpha value is -1.44. The fourth-order valence-electron chi connectivity index (χ4n) is 3.40. The number of aromatic nitrogens is 2. The molecular formula is C17H28N4O3. The van der Waals surface area contributed by atoms with Gasteiger partial charge in [-0.05, 0) is 39.8 Å². The number of hydrogen-bond donors (Lipinski definition) is 1. The standard InChI is InChI=1S/C17H28N4O3/c1-13(2)20(3)10-14-4-6-17(24-14)11-21(8-9-23-12-17)16(22)15-5-7-18-19-15/h5,7,13-14H,4,6,8-12H2,1-3H3,(H,18,19). The molecule has 134 valence electrons. The molecule has 2 saturated heterocycles. The lowest BCUT2D eigenvalue weighted by atomic mass is 10.00. The third kappa shape index (κ3) is 3.79. The van der Waals surface area contributed by atoms with Crippen molar-refractivity contribution in [3.05, 3.63) is 18.0 Å².